The SMILES string of the molecule is O=C(O)/C=C/CCCC1CCN(CCOC(c2ccc(F)cc2)c2ccc(F)cc2)CC1. The minimum Gasteiger partial charge on any atom is -0.478 e. The lowest BCUT2D eigenvalue weighted by molar-refractivity contribution is -0.131. The third-order valence-electron chi connectivity index (χ3n) is 5.99. The molecule has 0 bridgehead atoms. The molecule has 2 aromatic rings. The zero-order valence-electron chi connectivity index (χ0n) is 18.3. The standard InChI is InChI=1S/C26H31F2NO3/c27-23-10-6-21(7-11-23)26(22-8-12-24(28)13-9-22)32-19-18-29-16-14-20(15-17-29)4-2-1-3-5-25(30)31/h3,5-13,20,26H,1-2,4,14-19H2,(H,30,31)/b5-3+. The van der Waals surface area contributed by atoms with Gasteiger partial charge in [0.05, 0.1) is 6.61 Å². The zero-order valence-corrected chi connectivity index (χ0v) is 18.3. The van der Waals surface area contributed by atoms with Crippen molar-refractivity contribution in [3.8, 4) is 0 Å². The molecule has 6 heteroatoms. The van der Waals surface area contributed by atoms with E-state index in [1.54, 1.807) is 30.3 Å². The molecule has 0 spiro atoms. The van der Waals surface area contributed by atoms with Gasteiger partial charge in [0.15, 0.2) is 0 Å². The topological polar surface area (TPSA) is 49.8 Å². The third kappa shape index (κ3) is 7.84. The lowest BCUT2D eigenvalue weighted by Crippen LogP contribution is -2.36. The van der Waals surface area contributed by atoms with Crippen molar-refractivity contribution >= 4 is 5.97 Å². The summed E-state index contributed by atoms with van der Waals surface area (Å²) in [5.74, 6) is -0.794. The van der Waals surface area contributed by atoms with Crippen LogP contribution in [-0.4, -0.2) is 42.2 Å². The van der Waals surface area contributed by atoms with E-state index in [-0.39, 0.29) is 17.7 Å². The van der Waals surface area contributed by atoms with Crippen LogP contribution in [0.3, 0.4) is 0 Å². The number of likely N-dealkylation sites (tertiary alicyclic amines) is 1. The van der Waals surface area contributed by atoms with Crippen LogP contribution in [0.1, 0.15) is 49.3 Å². The molecule has 1 heterocycles. The van der Waals surface area contributed by atoms with E-state index in [1.165, 1.54) is 30.3 Å². The largest absolute Gasteiger partial charge is 0.478 e. The van der Waals surface area contributed by atoms with Gasteiger partial charge < -0.3 is 14.7 Å². The van der Waals surface area contributed by atoms with Crippen molar-refractivity contribution in [1.82, 2.24) is 4.90 Å². The van der Waals surface area contributed by atoms with Crippen LogP contribution in [0.4, 0.5) is 8.78 Å². The number of carboxylic acids is 1. The van der Waals surface area contributed by atoms with Crippen LogP contribution in [0.15, 0.2) is 60.7 Å². The molecule has 4 nitrogen and oxygen atoms in total. The molecule has 2 aromatic carbocycles. The highest BCUT2D eigenvalue weighted by molar-refractivity contribution is 5.79. The number of rotatable bonds is 11. The molecule has 0 radical (unpaired) electrons. The molecule has 0 unspecified atom stereocenters. The molecule has 1 aliphatic heterocycles. The first-order chi connectivity index (χ1) is 15.5. The molecular formula is C26H31F2NO3. The normalized spacial score (nSPS) is 15.6. The third-order valence-corrected chi connectivity index (χ3v) is 5.99. The number of unbranched alkanes of at least 4 members (excludes halogenated alkanes) is 1. The second-order valence-corrected chi connectivity index (χ2v) is 8.31. The Morgan fingerprint density at radius 2 is 1.59 bits per heavy atom. The van der Waals surface area contributed by atoms with Gasteiger partial charge in [0.25, 0.3) is 0 Å². The van der Waals surface area contributed by atoms with Crippen molar-refractivity contribution in [1.29, 1.82) is 0 Å². The monoisotopic (exact) mass is 443 g/mol. The van der Waals surface area contributed by atoms with E-state index in [9.17, 15) is 13.6 Å². The summed E-state index contributed by atoms with van der Waals surface area (Å²) in [6, 6.07) is 12.5. The van der Waals surface area contributed by atoms with E-state index >= 15 is 0 Å². The van der Waals surface area contributed by atoms with Gasteiger partial charge in [-0.25, -0.2) is 13.6 Å². The fourth-order valence-electron chi connectivity index (χ4n) is 4.17. The lowest BCUT2D eigenvalue weighted by atomic mass is 9.91. The van der Waals surface area contributed by atoms with Crippen LogP contribution < -0.4 is 0 Å². The maximum absolute atomic E-state index is 13.4. The Balaban J connectivity index is 1.44. The molecule has 0 amide bonds. The first-order valence-electron chi connectivity index (χ1n) is 11.3. The van der Waals surface area contributed by atoms with E-state index in [0.717, 1.165) is 62.9 Å². The van der Waals surface area contributed by atoms with E-state index in [4.69, 9.17) is 9.84 Å². The maximum Gasteiger partial charge on any atom is 0.327 e. The van der Waals surface area contributed by atoms with Gasteiger partial charge in [-0.2, -0.15) is 0 Å². The minimum absolute atomic E-state index is 0.299. The summed E-state index contributed by atoms with van der Waals surface area (Å²) in [4.78, 5) is 12.9. The van der Waals surface area contributed by atoms with Gasteiger partial charge in [-0.3, -0.25) is 0 Å². The van der Waals surface area contributed by atoms with Crippen molar-refractivity contribution in [3.63, 3.8) is 0 Å². The van der Waals surface area contributed by atoms with Crippen molar-refractivity contribution in [2.24, 2.45) is 5.92 Å². The Labute approximate surface area is 188 Å². The van der Waals surface area contributed by atoms with Crippen LogP contribution >= 0.6 is 0 Å². The Kier molecular flexibility index (Phi) is 9.38. The van der Waals surface area contributed by atoms with Crippen LogP contribution in [-0.2, 0) is 9.53 Å². The summed E-state index contributed by atoms with van der Waals surface area (Å²) in [5.41, 5.74) is 1.68. The quantitative estimate of drug-likeness (QED) is 0.363. The van der Waals surface area contributed by atoms with E-state index in [2.05, 4.69) is 4.90 Å². The second-order valence-electron chi connectivity index (χ2n) is 8.31. The number of ether oxygens (including phenoxy) is 1. The van der Waals surface area contributed by atoms with Crippen LogP contribution in [0, 0.1) is 17.6 Å². The molecule has 1 aliphatic rings. The van der Waals surface area contributed by atoms with Crippen LogP contribution in [0.2, 0.25) is 0 Å². The minimum atomic E-state index is -0.887. The first-order valence-corrected chi connectivity index (χ1v) is 11.3. The molecule has 0 aliphatic carbocycles. The van der Waals surface area contributed by atoms with Gasteiger partial charge >= 0.3 is 5.97 Å². The molecule has 1 fully saturated rings. The summed E-state index contributed by atoms with van der Waals surface area (Å²) in [6.45, 7) is 3.39. The van der Waals surface area contributed by atoms with Gasteiger partial charge in [-0.05, 0) is 80.1 Å². The first kappa shape index (κ1) is 24.1. The van der Waals surface area contributed by atoms with E-state index < -0.39 is 5.97 Å². The number of benzene rings is 2. The van der Waals surface area contributed by atoms with Crippen LogP contribution in [0.5, 0.6) is 0 Å². The summed E-state index contributed by atoms with van der Waals surface area (Å²) < 4.78 is 32.9. The van der Waals surface area contributed by atoms with Crippen LogP contribution in [0.25, 0.3) is 0 Å². The number of allylic oxidation sites excluding steroid dienone is 1. The molecular weight excluding hydrogens is 412 g/mol. The smallest absolute Gasteiger partial charge is 0.327 e. The lowest BCUT2D eigenvalue weighted by Gasteiger charge is -2.32. The molecule has 0 saturated carbocycles. The summed E-state index contributed by atoms with van der Waals surface area (Å²) in [7, 11) is 0. The van der Waals surface area contributed by atoms with E-state index in [0.29, 0.717) is 12.5 Å². The maximum atomic E-state index is 13.4. The number of carbonyl (C=O) groups is 1. The number of hydrogen-bond donors (Lipinski definition) is 1. The fourth-order valence-corrected chi connectivity index (χ4v) is 4.17. The molecule has 1 N–H and O–H groups in total. The number of halogens is 2. The molecule has 172 valence electrons. The Morgan fingerprint density at radius 1 is 1.03 bits per heavy atom. The predicted molar refractivity (Wildman–Crippen MR) is 120 cm³/mol. The molecule has 3 rings (SSSR count). The molecule has 0 atom stereocenters. The predicted octanol–water partition coefficient (Wildman–Crippen LogP) is 5.59. The van der Waals surface area contributed by atoms with Gasteiger partial charge in [-0.15, -0.1) is 0 Å². The van der Waals surface area contributed by atoms with Crippen molar-refractivity contribution in [3.05, 3.63) is 83.4 Å². The average Bonchev–Trinajstić information content (AvgIpc) is 2.79. The van der Waals surface area contributed by atoms with Crippen molar-refractivity contribution in [2.75, 3.05) is 26.2 Å². The Morgan fingerprint density at radius 3 is 2.12 bits per heavy atom. The van der Waals surface area contributed by atoms with Crippen molar-refractivity contribution in [2.45, 2.75) is 38.2 Å². The summed E-state index contributed by atoms with van der Waals surface area (Å²) in [5, 5.41) is 8.61. The summed E-state index contributed by atoms with van der Waals surface area (Å²) >= 11 is 0. The number of hydrogen-bond acceptors (Lipinski definition) is 3. The zero-order chi connectivity index (χ0) is 22.8. The highest BCUT2D eigenvalue weighted by atomic mass is 19.1. The van der Waals surface area contributed by atoms with Gasteiger partial charge in [-0.1, -0.05) is 36.8 Å². The molecule has 0 aromatic heterocycles. The van der Waals surface area contributed by atoms with E-state index in [1.807, 2.05) is 0 Å². The number of nitrogens with zero attached hydrogens (tertiary/aromatic N) is 1. The van der Waals surface area contributed by atoms with Crippen molar-refractivity contribution < 1.29 is 23.4 Å². The second kappa shape index (κ2) is 12.5. The Hall–Kier alpha value is -2.57. The number of carboxylic acid groups (broad SMARTS) is 1. The highest BCUT2D eigenvalue weighted by Crippen LogP contribution is 2.27. The van der Waals surface area contributed by atoms with Gasteiger partial charge in [0, 0.05) is 12.6 Å². The molecule has 1 saturated heterocycles. The van der Waals surface area contributed by atoms with Gasteiger partial charge in [0.1, 0.15) is 17.7 Å². The highest BCUT2D eigenvalue weighted by Gasteiger charge is 2.20. The number of aliphatic carboxylic acids is 1. The summed E-state index contributed by atoms with van der Waals surface area (Å²) in [6.07, 6.45) is 7.83. The fraction of sp³-hybridized carbons (Fsp3) is 0.423. The number of piperidine rings is 1. The Bertz CT molecular complexity index is 814. The van der Waals surface area contributed by atoms with Gasteiger partial charge in [0.2, 0.25) is 0 Å². The molecule has 32 heavy (non-hydrogen) atoms. The average molecular weight is 444 g/mol.